The summed E-state index contributed by atoms with van der Waals surface area (Å²) >= 11 is 1.80. The monoisotopic (exact) mass is 630 g/mol. The van der Waals surface area contributed by atoms with Gasteiger partial charge in [-0.25, -0.2) is 0 Å². The van der Waals surface area contributed by atoms with E-state index in [1.807, 2.05) is 12.4 Å². The minimum Gasteiger partial charge on any atom is -0.311 e. The molecular weight excluding hydrogens is 601 g/mol. The Labute approximate surface area is 283 Å². The van der Waals surface area contributed by atoms with Gasteiger partial charge < -0.3 is 4.90 Å². The lowest BCUT2D eigenvalue weighted by Gasteiger charge is -2.26. The van der Waals surface area contributed by atoms with Crippen molar-refractivity contribution in [3.05, 3.63) is 182 Å². The van der Waals surface area contributed by atoms with Crippen LogP contribution in [0.1, 0.15) is 0 Å². The number of hydrogen-bond acceptors (Lipinski definition) is 3. The summed E-state index contributed by atoms with van der Waals surface area (Å²) < 4.78 is 2.51. The summed E-state index contributed by atoms with van der Waals surface area (Å²) in [5.41, 5.74) is 10.6. The van der Waals surface area contributed by atoms with Gasteiger partial charge in [-0.3, -0.25) is 4.98 Å². The molecule has 0 saturated heterocycles. The second-order valence-corrected chi connectivity index (χ2v) is 13.1. The van der Waals surface area contributed by atoms with Crippen molar-refractivity contribution in [1.29, 1.82) is 0 Å². The van der Waals surface area contributed by atoms with Crippen LogP contribution in [-0.2, 0) is 0 Å². The standard InChI is InChI=1S/C45H30N2S/c1-2-7-31(8-3-1)32-13-20-37(21-14-32)47(39-24-17-35(18-25-39)41-12-6-10-34-9-4-5-11-40(34)41)38-22-15-33(16-23-38)36-19-26-42-43-27-28-46-30-45(43)48-44(42)29-36/h1-30H. The molecule has 0 bridgehead atoms. The Bertz CT molecular complexity index is 2530. The number of thiophene rings is 1. The smallest absolute Gasteiger partial charge is 0.0538 e. The minimum absolute atomic E-state index is 1.11. The van der Waals surface area contributed by atoms with E-state index in [0.29, 0.717) is 0 Å². The van der Waals surface area contributed by atoms with E-state index >= 15 is 0 Å². The number of hydrogen-bond donors (Lipinski definition) is 0. The number of benzene rings is 7. The largest absolute Gasteiger partial charge is 0.311 e. The molecule has 0 fully saturated rings. The van der Waals surface area contributed by atoms with Gasteiger partial charge in [-0.1, -0.05) is 121 Å². The average molecular weight is 631 g/mol. The molecule has 0 amide bonds. The summed E-state index contributed by atoms with van der Waals surface area (Å²) in [5, 5.41) is 5.08. The first-order valence-electron chi connectivity index (χ1n) is 16.2. The maximum absolute atomic E-state index is 4.32. The van der Waals surface area contributed by atoms with Crippen molar-refractivity contribution in [2.45, 2.75) is 0 Å². The second kappa shape index (κ2) is 12.0. The van der Waals surface area contributed by atoms with Crippen molar-refractivity contribution in [3.8, 4) is 33.4 Å². The topological polar surface area (TPSA) is 16.1 Å². The molecule has 0 saturated carbocycles. The zero-order valence-corrected chi connectivity index (χ0v) is 26.9. The van der Waals surface area contributed by atoms with Gasteiger partial charge in [0.2, 0.25) is 0 Å². The summed E-state index contributed by atoms with van der Waals surface area (Å²) in [6.07, 6.45) is 3.84. The van der Waals surface area contributed by atoms with E-state index in [-0.39, 0.29) is 0 Å². The van der Waals surface area contributed by atoms with Crippen LogP contribution in [0.3, 0.4) is 0 Å². The Morgan fingerprint density at radius 2 is 0.958 bits per heavy atom. The van der Waals surface area contributed by atoms with E-state index in [1.54, 1.807) is 11.3 Å². The lowest BCUT2D eigenvalue weighted by atomic mass is 9.98. The maximum Gasteiger partial charge on any atom is 0.0538 e. The Morgan fingerprint density at radius 1 is 0.396 bits per heavy atom. The van der Waals surface area contributed by atoms with Gasteiger partial charge >= 0.3 is 0 Å². The summed E-state index contributed by atoms with van der Waals surface area (Å²) in [6.45, 7) is 0. The van der Waals surface area contributed by atoms with Crippen LogP contribution in [0.25, 0.3) is 64.3 Å². The van der Waals surface area contributed by atoms with Crippen LogP contribution < -0.4 is 4.90 Å². The van der Waals surface area contributed by atoms with Crippen LogP contribution in [0.5, 0.6) is 0 Å². The molecule has 0 aliphatic rings. The van der Waals surface area contributed by atoms with Gasteiger partial charge in [0, 0.05) is 44.9 Å². The van der Waals surface area contributed by atoms with Crippen LogP contribution in [0.4, 0.5) is 17.1 Å². The Kier molecular flexibility index (Phi) is 7.03. The van der Waals surface area contributed by atoms with E-state index in [0.717, 1.165) is 17.1 Å². The molecular formula is C45H30N2S. The van der Waals surface area contributed by atoms with E-state index in [2.05, 4.69) is 180 Å². The van der Waals surface area contributed by atoms with Gasteiger partial charge in [0.15, 0.2) is 0 Å². The molecule has 0 aliphatic heterocycles. The van der Waals surface area contributed by atoms with E-state index in [4.69, 9.17) is 0 Å². The molecule has 2 heterocycles. The lowest BCUT2D eigenvalue weighted by molar-refractivity contribution is 1.28. The molecule has 0 radical (unpaired) electrons. The van der Waals surface area contributed by atoms with Crippen LogP contribution >= 0.6 is 11.3 Å². The van der Waals surface area contributed by atoms with Crippen molar-refractivity contribution in [3.63, 3.8) is 0 Å². The van der Waals surface area contributed by atoms with Crippen LogP contribution in [0.15, 0.2) is 182 Å². The molecule has 2 aromatic heterocycles. The third kappa shape index (κ3) is 5.11. The quantitative estimate of drug-likeness (QED) is 0.182. The summed E-state index contributed by atoms with van der Waals surface area (Å²) in [5.74, 6) is 0. The van der Waals surface area contributed by atoms with Crippen molar-refractivity contribution < 1.29 is 0 Å². The second-order valence-electron chi connectivity index (χ2n) is 12.1. The molecule has 3 heteroatoms. The highest BCUT2D eigenvalue weighted by Crippen LogP contribution is 2.40. The first-order valence-corrected chi connectivity index (χ1v) is 17.0. The van der Waals surface area contributed by atoms with E-state index < -0.39 is 0 Å². The van der Waals surface area contributed by atoms with Crippen LogP contribution in [0, 0.1) is 0 Å². The zero-order chi connectivity index (χ0) is 31.9. The summed E-state index contributed by atoms with van der Waals surface area (Å²) in [6, 6.07) is 61.3. The molecule has 7 aromatic carbocycles. The number of rotatable bonds is 6. The highest BCUT2D eigenvalue weighted by molar-refractivity contribution is 7.25. The highest BCUT2D eigenvalue weighted by atomic mass is 32.1. The number of anilines is 3. The first kappa shape index (κ1) is 28.2. The molecule has 0 aliphatic carbocycles. The molecule has 0 N–H and O–H groups in total. The number of aromatic nitrogens is 1. The van der Waals surface area contributed by atoms with E-state index in [1.165, 1.54) is 64.3 Å². The number of fused-ring (bicyclic) bond motifs is 4. The van der Waals surface area contributed by atoms with Gasteiger partial charge in [-0.05, 0) is 92.7 Å². The van der Waals surface area contributed by atoms with Crippen molar-refractivity contribution >= 4 is 59.3 Å². The Hall–Kier alpha value is -6.03. The third-order valence-electron chi connectivity index (χ3n) is 9.19. The van der Waals surface area contributed by atoms with Gasteiger partial charge in [0.25, 0.3) is 0 Å². The molecule has 48 heavy (non-hydrogen) atoms. The van der Waals surface area contributed by atoms with Crippen molar-refractivity contribution in [2.75, 3.05) is 4.90 Å². The Balaban J connectivity index is 1.10. The molecule has 0 atom stereocenters. The van der Waals surface area contributed by atoms with E-state index in [9.17, 15) is 0 Å². The first-order chi connectivity index (χ1) is 23.8. The Morgan fingerprint density at radius 3 is 1.69 bits per heavy atom. The molecule has 226 valence electrons. The van der Waals surface area contributed by atoms with Crippen molar-refractivity contribution in [1.82, 2.24) is 4.98 Å². The maximum atomic E-state index is 4.32. The fourth-order valence-corrected chi connectivity index (χ4v) is 7.87. The van der Waals surface area contributed by atoms with Gasteiger partial charge in [0.05, 0.1) is 4.70 Å². The fraction of sp³-hybridized carbons (Fsp3) is 0. The zero-order valence-electron chi connectivity index (χ0n) is 26.1. The number of pyridine rings is 1. The lowest BCUT2D eigenvalue weighted by Crippen LogP contribution is -2.09. The van der Waals surface area contributed by atoms with Gasteiger partial charge in [0.1, 0.15) is 0 Å². The SMILES string of the molecule is c1ccc(-c2ccc(N(c3ccc(-c4ccc5c(c4)sc4cnccc45)cc3)c3ccc(-c4cccc5ccccc45)cc3)cc2)cc1. The summed E-state index contributed by atoms with van der Waals surface area (Å²) in [7, 11) is 0. The molecule has 9 aromatic rings. The molecule has 0 unspecified atom stereocenters. The van der Waals surface area contributed by atoms with Crippen LogP contribution in [0.2, 0.25) is 0 Å². The highest BCUT2D eigenvalue weighted by Gasteiger charge is 2.15. The van der Waals surface area contributed by atoms with Crippen molar-refractivity contribution in [2.24, 2.45) is 0 Å². The predicted molar refractivity (Wildman–Crippen MR) is 206 cm³/mol. The van der Waals surface area contributed by atoms with Gasteiger partial charge in [-0.2, -0.15) is 0 Å². The number of nitrogens with zero attached hydrogens (tertiary/aromatic N) is 2. The molecule has 2 nitrogen and oxygen atoms in total. The average Bonchev–Trinajstić information content (AvgIpc) is 3.54. The minimum atomic E-state index is 1.11. The summed E-state index contributed by atoms with van der Waals surface area (Å²) in [4.78, 5) is 6.66. The van der Waals surface area contributed by atoms with Gasteiger partial charge in [-0.15, -0.1) is 11.3 Å². The normalized spacial score (nSPS) is 11.3. The fourth-order valence-electron chi connectivity index (χ4n) is 6.76. The third-order valence-corrected chi connectivity index (χ3v) is 10.3. The predicted octanol–water partition coefficient (Wildman–Crippen LogP) is 13.1. The van der Waals surface area contributed by atoms with Crippen LogP contribution in [-0.4, -0.2) is 4.98 Å². The molecule has 0 spiro atoms. The molecule has 9 rings (SSSR count).